The van der Waals surface area contributed by atoms with Crippen LogP contribution in [0.3, 0.4) is 0 Å². The third-order valence-corrected chi connectivity index (χ3v) is 11.1. The summed E-state index contributed by atoms with van der Waals surface area (Å²) in [6.45, 7) is 6.73. The van der Waals surface area contributed by atoms with Crippen LogP contribution in [0.2, 0.25) is 5.02 Å². The Labute approximate surface area is 360 Å². The summed E-state index contributed by atoms with van der Waals surface area (Å²) in [7, 11) is 0. The minimum atomic E-state index is -2.41. The van der Waals surface area contributed by atoms with E-state index in [-0.39, 0.29) is 24.4 Å². The molecule has 2 aromatic carbocycles. The van der Waals surface area contributed by atoms with Gasteiger partial charge >= 0.3 is 5.97 Å². The number of carbonyl (C=O) groups excluding carboxylic acids is 7. The Morgan fingerprint density at radius 2 is 1.56 bits per heavy atom. The number of primary amides is 1. The number of ether oxygens (including phenoxy) is 1. The normalized spacial score (nSPS) is 18.4. The summed E-state index contributed by atoms with van der Waals surface area (Å²) in [6.07, 6.45) is 0.647. The van der Waals surface area contributed by atoms with E-state index in [0.29, 0.717) is 37.7 Å². The third kappa shape index (κ3) is 12.2. The summed E-state index contributed by atoms with van der Waals surface area (Å²) >= 11 is 6.00. The largest absolute Gasteiger partial charge is 0.477 e. The van der Waals surface area contributed by atoms with Gasteiger partial charge in [0, 0.05) is 43.2 Å². The van der Waals surface area contributed by atoms with Crippen molar-refractivity contribution >= 4 is 58.5 Å². The molecule has 2 aromatic rings. The average molecular weight is 895 g/mol. The first-order valence-corrected chi connectivity index (χ1v) is 20.8. The summed E-state index contributed by atoms with van der Waals surface area (Å²) in [5.74, 6) is -20.2. The number of nitrogens with two attached hydrogens (primary N) is 1. The molecule has 0 aromatic heterocycles. The van der Waals surface area contributed by atoms with Crippen molar-refractivity contribution in [3.05, 3.63) is 69.2 Å². The number of carboxylic acid groups (broad SMARTS) is 1. The third-order valence-electron chi connectivity index (χ3n) is 10.9. The van der Waals surface area contributed by atoms with Crippen molar-refractivity contribution in [2.75, 3.05) is 6.54 Å². The van der Waals surface area contributed by atoms with Crippen LogP contribution in [0.5, 0.6) is 0 Å². The van der Waals surface area contributed by atoms with E-state index in [2.05, 4.69) is 10.6 Å². The number of rotatable bonds is 19. The molecule has 1 saturated carbocycles. The molecule has 5 atom stereocenters. The standard InChI is InChI=1S/C43H51ClF4N4O10/c1-5-10-23(38(56)27(53)15-16-29(55)50-36(39(49)57)22-13-9-14-24(44)17-22)18-28(54)26-19-25(62-43(2,3)4)20-52(26)41(59)37(21-11-7-6-8-12-21)51-40(58)30-32(45)31(42(60)61)34(47)35(48)33(30)46/h9,13-14,17,21,23,25-26,36-37H,5-8,10-12,15-16,18-20H2,1-4H3,(H2,49,57)(H,50,55)(H,51,58)(H,60,61)/t23?,25-,26+,36?,37+/m1/s1. The molecule has 1 heterocycles. The molecule has 19 heteroatoms. The Hall–Kier alpha value is -5.23. The van der Waals surface area contributed by atoms with Gasteiger partial charge in [-0.2, -0.15) is 0 Å². The van der Waals surface area contributed by atoms with Crippen LogP contribution >= 0.6 is 11.6 Å². The molecule has 0 bridgehead atoms. The number of halogens is 5. The number of likely N-dealkylation sites (tertiary alicyclic amines) is 1. The number of aromatic carboxylic acids is 1. The number of hydrogen-bond acceptors (Lipinski definition) is 9. The zero-order valence-corrected chi connectivity index (χ0v) is 35.6. The number of Topliss-reactive ketones (excluding diaryl/α,β-unsaturated/α-hetero) is 3. The number of amides is 4. The second kappa shape index (κ2) is 21.2. The molecule has 1 saturated heterocycles. The van der Waals surface area contributed by atoms with E-state index in [1.807, 2.05) is 0 Å². The Kier molecular flexibility index (Phi) is 16.9. The number of carboxylic acids is 1. The second-order valence-electron chi connectivity index (χ2n) is 16.7. The molecular weight excluding hydrogens is 844 g/mol. The predicted molar refractivity (Wildman–Crippen MR) is 215 cm³/mol. The quantitative estimate of drug-likeness (QED) is 0.0584. The van der Waals surface area contributed by atoms with Crippen molar-refractivity contribution < 1.29 is 65.8 Å². The highest BCUT2D eigenvalue weighted by Gasteiger charge is 2.46. The van der Waals surface area contributed by atoms with Crippen molar-refractivity contribution in [1.82, 2.24) is 15.5 Å². The van der Waals surface area contributed by atoms with Crippen molar-refractivity contribution in [2.45, 2.75) is 128 Å². The summed E-state index contributed by atoms with van der Waals surface area (Å²) in [4.78, 5) is 107. The molecule has 338 valence electrons. The maximum Gasteiger partial charge on any atom is 0.341 e. The van der Waals surface area contributed by atoms with E-state index in [4.69, 9.17) is 22.1 Å². The van der Waals surface area contributed by atoms with E-state index in [1.165, 1.54) is 12.1 Å². The van der Waals surface area contributed by atoms with Crippen molar-refractivity contribution in [1.29, 1.82) is 0 Å². The Morgan fingerprint density at radius 1 is 0.919 bits per heavy atom. The fourth-order valence-corrected chi connectivity index (χ4v) is 8.26. The Morgan fingerprint density at radius 3 is 2.15 bits per heavy atom. The lowest BCUT2D eigenvalue weighted by atomic mass is 9.82. The zero-order chi connectivity index (χ0) is 46.2. The summed E-state index contributed by atoms with van der Waals surface area (Å²) < 4.78 is 65.1. The minimum Gasteiger partial charge on any atom is -0.477 e. The van der Waals surface area contributed by atoms with Crippen LogP contribution in [0.4, 0.5) is 17.6 Å². The minimum absolute atomic E-state index is 0.0730. The molecule has 14 nitrogen and oxygen atoms in total. The van der Waals surface area contributed by atoms with E-state index in [9.17, 15) is 56.6 Å². The van der Waals surface area contributed by atoms with E-state index < -0.39 is 142 Å². The first-order chi connectivity index (χ1) is 29.1. The molecule has 0 radical (unpaired) electrons. The highest BCUT2D eigenvalue weighted by atomic mass is 35.5. The van der Waals surface area contributed by atoms with Gasteiger partial charge in [0.15, 0.2) is 34.8 Å². The average Bonchev–Trinajstić information content (AvgIpc) is 3.62. The zero-order valence-electron chi connectivity index (χ0n) is 34.8. The van der Waals surface area contributed by atoms with Gasteiger partial charge in [0.25, 0.3) is 5.91 Å². The lowest BCUT2D eigenvalue weighted by molar-refractivity contribution is -0.143. The summed E-state index contributed by atoms with van der Waals surface area (Å²) in [6, 6.07) is 1.91. The predicted octanol–water partition coefficient (Wildman–Crippen LogP) is 5.69. The molecule has 62 heavy (non-hydrogen) atoms. The van der Waals surface area contributed by atoms with Gasteiger partial charge in [-0.1, -0.05) is 56.3 Å². The van der Waals surface area contributed by atoms with Crippen LogP contribution in [-0.4, -0.2) is 87.3 Å². The van der Waals surface area contributed by atoms with Crippen LogP contribution < -0.4 is 16.4 Å². The monoisotopic (exact) mass is 894 g/mol. The summed E-state index contributed by atoms with van der Waals surface area (Å²) in [5, 5.41) is 14.2. The first kappa shape index (κ1) is 49.4. The topological polar surface area (TPSA) is 219 Å². The number of nitrogens with zero attached hydrogens (tertiary/aromatic N) is 1. The van der Waals surface area contributed by atoms with Crippen molar-refractivity contribution in [2.24, 2.45) is 17.6 Å². The van der Waals surface area contributed by atoms with Crippen LogP contribution in [0.1, 0.15) is 131 Å². The highest BCUT2D eigenvalue weighted by molar-refractivity contribution is 6.38. The van der Waals surface area contributed by atoms with Crippen LogP contribution in [0.25, 0.3) is 0 Å². The maximum absolute atomic E-state index is 15.3. The maximum atomic E-state index is 15.3. The van der Waals surface area contributed by atoms with Crippen LogP contribution in [0.15, 0.2) is 24.3 Å². The first-order valence-electron chi connectivity index (χ1n) is 20.4. The Bertz CT molecular complexity index is 2090. The number of benzene rings is 2. The lowest BCUT2D eigenvalue weighted by Gasteiger charge is -2.35. The smallest absolute Gasteiger partial charge is 0.341 e. The summed E-state index contributed by atoms with van der Waals surface area (Å²) in [5.41, 5.74) is 1.33. The molecule has 2 unspecified atom stereocenters. The van der Waals surface area contributed by atoms with Gasteiger partial charge in [0.1, 0.15) is 23.2 Å². The molecule has 4 amide bonds. The van der Waals surface area contributed by atoms with Gasteiger partial charge in [0.05, 0.1) is 17.7 Å². The van der Waals surface area contributed by atoms with E-state index >= 15 is 4.39 Å². The lowest BCUT2D eigenvalue weighted by Crippen LogP contribution is -2.55. The fourth-order valence-electron chi connectivity index (χ4n) is 8.06. The molecule has 5 N–H and O–H groups in total. The Balaban J connectivity index is 1.57. The SMILES string of the molecule is CCCC(CC(=O)[C@@H]1C[C@@H](OC(C)(C)C)CN1C(=O)[C@@H](NC(=O)c1c(F)c(F)c(F)c(C(=O)O)c1F)C1CCCCC1)C(=O)C(=O)CCC(=O)NC(C(N)=O)c1cccc(Cl)c1. The van der Waals surface area contributed by atoms with E-state index in [0.717, 1.165) is 11.3 Å². The van der Waals surface area contributed by atoms with Gasteiger partial charge in [-0.15, -0.1) is 0 Å². The van der Waals surface area contributed by atoms with Crippen molar-refractivity contribution in [3.8, 4) is 0 Å². The second-order valence-corrected chi connectivity index (χ2v) is 17.1. The molecule has 4 rings (SSSR count). The number of hydrogen-bond donors (Lipinski definition) is 4. The van der Waals surface area contributed by atoms with Gasteiger partial charge in [-0.3, -0.25) is 33.6 Å². The molecule has 1 aliphatic carbocycles. The highest BCUT2D eigenvalue weighted by Crippen LogP contribution is 2.33. The number of carbonyl (C=O) groups is 8. The van der Waals surface area contributed by atoms with Gasteiger partial charge in [-0.25, -0.2) is 22.4 Å². The van der Waals surface area contributed by atoms with Gasteiger partial charge in [0.2, 0.25) is 23.5 Å². The van der Waals surface area contributed by atoms with Gasteiger partial charge < -0.3 is 31.1 Å². The number of ketones is 3. The molecule has 2 aliphatic rings. The van der Waals surface area contributed by atoms with Crippen LogP contribution in [-0.2, 0) is 33.5 Å². The van der Waals surface area contributed by atoms with Crippen molar-refractivity contribution in [3.63, 3.8) is 0 Å². The van der Waals surface area contributed by atoms with Crippen LogP contribution in [0, 0.1) is 35.1 Å². The molecule has 2 fully saturated rings. The van der Waals surface area contributed by atoms with Gasteiger partial charge in [-0.05, 0) is 63.6 Å². The number of nitrogens with one attached hydrogen (secondary N) is 2. The molecular formula is C43H51ClF4N4O10. The van der Waals surface area contributed by atoms with E-state index in [1.54, 1.807) is 39.8 Å². The fraction of sp³-hybridized carbons (Fsp3) is 0.535. The molecule has 0 spiro atoms. The molecule has 1 aliphatic heterocycles.